The minimum absolute atomic E-state index is 0.118. The predicted octanol–water partition coefficient (Wildman–Crippen LogP) is 2.38. The first-order valence-electron chi connectivity index (χ1n) is 6.14. The van der Waals surface area contributed by atoms with E-state index in [0.29, 0.717) is 6.54 Å². The van der Waals surface area contributed by atoms with Crippen LogP contribution in [0.2, 0.25) is 0 Å². The Morgan fingerprint density at radius 3 is 2.33 bits per heavy atom. The van der Waals surface area contributed by atoms with Gasteiger partial charge in [-0.25, -0.2) is 13.1 Å². The van der Waals surface area contributed by atoms with Crippen LogP contribution in [0, 0.1) is 6.92 Å². The summed E-state index contributed by atoms with van der Waals surface area (Å²) in [5.41, 5.74) is 3.81. The number of aryl methyl sites for hydroxylation is 1. The molecule has 0 atom stereocenters. The Balaban J connectivity index is 2.82. The van der Waals surface area contributed by atoms with Gasteiger partial charge in [-0.1, -0.05) is 39.0 Å². The zero-order chi connectivity index (χ0) is 14.0. The third-order valence-corrected chi connectivity index (χ3v) is 3.70. The van der Waals surface area contributed by atoms with Gasteiger partial charge in [0, 0.05) is 6.54 Å². The summed E-state index contributed by atoms with van der Waals surface area (Å²) in [6.45, 7) is 9.04. The highest BCUT2D eigenvalue weighted by molar-refractivity contribution is 7.88. The van der Waals surface area contributed by atoms with Gasteiger partial charge in [0.05, 0.1) is 6.26 Å². The lowest BCUT2D eigenvalue weighted by atomic mass is 9.85. The lowest BCUT2D eigenvalue weighted by Crippen LogP contribution is -2.24. The summed E-state index contributed by atoms with van der Waals surface area (Å²) in [5.74, 6) is 0. The maximum absolute atomic E-state index is 11.0. The van der Waals surface area contributed by atoms with Gasteiger partial charge in [0.1, 0.15) is 0 Å². The van der Waals surface area contributed by atoms with Crippen LogP contribution in [0.25, 0.3) is 0 Å². The first kappa shape index (κ1) is 15.2. The fourth-order valence-corrected chi connectivity index (χ4v) is 2.25. The summed E-state index contributed by atoms with van der Waals surface area (Å²) >= 11 is 0. The standard InChI is InChI=1S/C14H23NO2S/c1-11-6-7-13(14(2,3)4)10-12(11)8-9-15-18(5,16)17/h6-7,10,15H,8-9H2,1-5H3. The first-order chi connectivity index (χ1) is 8.09. The molecule has 0 aliphatic heterocycles. The van der Waals surface area contributed by atoms with E-state index in [1.165, 1.54) is 22.9 Å². The van der Waals surface area contributed by atoms with E-state index in [9.17, 15) is 8.42 Å². The minimum Gasteiger partial charge on any atom is -0.215 e. The van der Waals surface area contributed by atoms with Gasteiger partial charge in [-0.2, -0.15) is 0 Å². The molecule has 0 saturated heterocycles. The van der Waals surface area contributed by atoms with Crippen molar-refractivity contribution in [3.8, 4) is 0 Å². The molecule has 0 amide bonds. The Bertz CT molecular complexity index is 513. The van der Waals surface area contributed by atoms with Crippen LogP contribution in [0.15, 0.2) is 18.2 Å². The van der Waals surface area contributed by atoms with Crippen molar-refractivity contribution >= 4 is 10.0 Å². The fraction of sp³-hybridized carbons (Fsp3) is 0.571. The highest BCUT2D eigenvalue weighted by atomic mass is 32.2. The predicted molar refractivity (Wildman–Crippen MR) is 76.4 cm³/mol. The van der Waals surface area contributed by atoms with Crippen molar-refractivity contribution < 1.29 is 8.42 Å². The highest BCUT2D eigenvalue weighted by Crippen LogP contribution is 2.24. The monoisotopic (exact) mass is 269 g/mol. The van der Waals surface area contributed by atoms with Gasteiger partial charge in [0.2, 0.25) is 10.0 Å². The summed E-state index contributed by atoms with van der Waals surface area (Å²) in [4.78, 5) is 0. The van der Waals surface area contributed by atoms with Gasteiger partial charge >= 0.3 is 0 Å². The lowest BCUT2D eigenvalue weighted by molar-refractivity contribution is 0.584. The molecule has 0 aliphatic carbocycles. The van der Waals surface area contributed by atoms with E-state index in [1.807, 2.05) is 0 Å². The quantitative estimate of drug-likeness (QED) is 0.912. The molecule has 0 radical (unpaired) electrons. The maximum atomic E-state index is 11.0. The Kier molecular flexibility index (Phi) is 4.56. The summed E-state index contributed by atoms with van der Waals surface area (Å²) in [6.07, 6.45) is 1.91. The maximum Gasteiger partial charge on any atom is 0.208 e. The summed E-state index contributed by atoms with van der Waals surface area (Å²) in [7, 11) is -3.10. The molecule has 4 heteroatoms. The molecule has 0 heterocycles. The SMILES string of the molecule is Cc1ccc(C(C)(C)C)cc1CCNS(C)(=O)=O. The second-order valence-corrected chi connectivity index (χ2v) is 7.64. The molecule has 0 unspecified atom stereocenters. The van der Waals surface area contributed by atoms with Gasteiger partial charge in [0.15, 0.2) is 0 Å². The summed E-state index contributed by atoms with van der Waals surface area (Å²) < 4.78 is 24.6. The van der Waals surface area contributed by atoms with Crippen molar-refractivity contribution in [2.24, 2.45) is 0 Å². The van der Waals surface area contributed by atoms with E-state index in [4.69, 9.17) is 0 Å². The molecule has 0 fully saturated rings. The number of hydrogen-bond acceptors (Lipinski definition) is 2. The third-order valence-electron chi connectivity index (χ3n) is 2.97. The van der Waals surface area contributed by atoms with E-state index in [1.54, 1.807) is 0 Å². The molecule has 102 valence electrons. The molecular formula is C14H23NO2S. The van der Waals surface area contributed by atoms with Crippen LogP contribution >= 0.6 is 0 Å². The van der Waals surface area contributed by atoms with Crippen molar-refractivity contribution in [3.63, 3.8) is 0 Å². The first-order valence-corrected chi connectivity index (χ1v) is 8.03. The van der Waals surface area contributed by atoms with Crippen LogP contribution in [-0.4, -0.2) is 21.2 Å². The Morgan fingerprint density at radius 2 is 1.83 bits per heavy atom. The van der Waals surface area contributed by atoms with Gasteiger partial charge in [-0.05, 0) is 35.4 Å². The summed E-state index contributed by atoms with van der Waals surface area (Å²) in [6, 6.07) is 6.43. The van der Waals surface area contributed by atoms with Crippen LogP contribution in [0.4, 0.5) is 0 Å². The van der Waals surface area contributed by atoms with Crippen LogP contribution in [0.1, 0.15) is 37.5 Å². The molecule has 0 aliphatic rings. The second kappa shape index (κ2) is 5.41. The molecule has 0 bridgehead atoms. The van der Waals surface area contributed by atoms with Crippen molar-refractivity contribution in [2.75, 3.05) is 12.8 Å². The zero-order valence-corrected chi connectivity index (χ0v) is 12.7. The number of rotatable bonds is 4. The largest absolute Gasteiger partial charge is 0.215 e. The molecule has 1 aromatic carbocycles. The van der Waals surface area contributed by atoms with E-state index in [2.05, 4.69) is 50.6 Å². The van der Waals surface area contributed by atoms with E-state index in [-0.39, 0.29) is 5.41 Å². The normalized spacial score (nSPS) is 12.7. The molecule has 0 spiro atoms. The smallest absolute Gasteiger partial charge is 0.208 e. The number of sulfonamides is 1. The Labute approximate surface area is 111 Å². The van der Waals surface area contributed by atoms with Crippen molar-refractivity contribution in [1.82, 2.24) is 4.72 Å². The lowest BCUT2D eigenvalue weighted by Gasteiger charge is -2.21. The van der Waals surface area contributed by atoms with Crippen LogP contribution < -0.4 is 4.72 Å². The third kappa shape index (κ3) is 4.78. The average molecular weight is 269 g/mol. The van der Waals surface area contributed by atoms with Crippen molar-refractivity contribution in [3.05, 3.63) is 34.9 Å². The van der Waals surface area contributed by atoms with Crippen molar-refractivity contribution in [2.45, 2.75) is 39.5 Å². The molecule has 1 rings (SSSR count). The molecule has 1 N–H and O–H groups in total. The minimum atomic E-state index is -3.10. The Morgan fingerprint density at radius 1 is 1.22 bits per heavy atom. The zero-order valence-electron chi connectivity index (χ0n) is 11.9. The molecule has 0 aromatic heterocycles. The van der Waals surface area contributed by atoms with E-state index >= 15 is 0 Å². The molecule has 0 saturated carbocycles. The number of benzene rings is 1. The van der Waals surface area contributed by atoms with Crippen LogP contribution in [0.5, 0.6) is 0 Å². The number of nitrogens with one attached hydrogen (secondary N) is 1. The Hall–Kier alpha value is -0.870. The highest BCUT2D eigenvalue weighted by Gasteiger charge is 2.14. The molecule has 1 aromatic rings. The van der Waals surface area contributed by atoms with Gasteiger partial charge in [-0.15, -0.1) is 0 Å². The molecule has 3 nitrogen and oxygen atoms in total. The van der Waals surface area contributed by atoms with Crippen molar-refractivity contribution in [1.29, 1.82) is 0 Å². The second-order valence-electron chi connectivity index (χ2n) is 5.81. The van der Waals surface area contributed by atoms with E-state index < -0.39 is 10.0 Å². The van der Waals surface area contributed by atoms with Gasteiger partial charge < -0.3 is 0 Å². The summed E-state index contributed by atoms with van der Waals surface area (Å²) in [5, 5.41) is 0. The van der Waals surface area contributed by atoms with E-state index in [0.717, 1.165) is 6.42 Å². The molecule has 18 heavy (non-hydrogen) atoms. The number of hydrogen-bond donors (Lipinski definition) is 1. The van der Waals surface area contributed by atoms with Gasteiger partial charge in [0.25, 0.3) is 0 Å². The fourth-order valence-electron chi connectivity index (χ4n) is 1.78. The average Bonchev–Trinajstić information content (AvgIpc) is 2.17. The van der Waals surface area contributed by atoms with Crippen LogP contribution in [-0.2, 0) is 21.9 Å². The molecular weight excluding hydrogens is 246 g/mol. The topological polar surface area (TPSA) is 46.2 Å². The van der Waals surface area contributed by atoms with Crippen LogP contribution in [0.3, 0.4) is 0 Å². The van der Waals surface area contributed by atoms with Gasteiger partial charge in [-0.3, -0.25) is 0 Å².